The lowest BCUT2D eigenvalue weighted by Gasteiger charge is -2.33. The van der Waals surface area contributed by atoms with Gasteiger partial charge in [-0.05, 0) is 43.2 Å². The number of fused-ring (bicyclic) bond motifs is 1. The summed E-state index contributed by atoms with van der Waals surface area (Å²) in [6, 6.07) is 21.2. The molecule has 0 saturated heterocycles. The highest BCUT2D eigenvalue weighted by molar-refractivity contribution is 6.01. The Morgan fingerprint density at radius 3 is 2.42 bits per heavy atom. The lowest BCUT2D eigenvalue weighted by Crippen LogP contribution is -2.48. The van der Waals surface area contributed by atoms with Crippen molar-refractivity contribution < 1.29 is 14.0 Å². The molecule has 0 spiro atoms. The van der Waals surface area contributed by atoms with Crippen LogP contribution < -0.4 is 10.2 Å². The van der Waals surface area contributed by atoms with Gasteiger partial charge in [0.15, 0.2) is 0 Å². The van der Waals surface area contributed by atoms with Gasteiger partial charge in [-0.25, -0.2) is 9.07 Å². The Bertz CT molecular complexity index is 1350. The first kappa shape index (κ1) is 23.7. The van der Waals surface area contributed by atoms with E-state index in [4.69, 9.17) is 0 Å². The molecule has 8 heteroatoms. The average molecular weight is 486 g/mol. The molecule has 1 atom stereocenters. The van der Waals surface area contributed by atoms with Crippen molar-refractivity contribution >= 4 is 28.5 Å². The average Bonchev–Trinajstić information content (AvgIpc) is 3.31. The molecule has 2 amide bonds. The molecule has 3 aromatic carbocycles. The van der Waals surface area contributed by atoms with Crippen molar-refractivity contribution in [2.24, 2.45) is 0 Å². The molecule has 4 aromatic rings. The molecular formula is C28H28FN5O2. The predicted molar refractivity (Wildman–Crippen MR) is 136 cm³/mol. The summed E-state index contributed by atoms with van der Waals surface area (Å²) in [7, 11) is 0. The number of para-hydroxylation sites is 2. The van der Waals surface area contributed by atoms with E-state index < -0.39 is 23.7 Å². The number of halogens is 1. The lowest BCUT2D eigenvalue weighted by molar-refractivity contribution is -0.127. The van der Waals surface area contributed by atoms with E-state index in [2.05, 4.69) is 15.6 Å². The highest BCUT2D eigenvalue weighted by atomic mass is 19.1. The van der Waals surface area contributed by atoms with Gasteiger partial charge < -0.3 is 5.32 Å². The maximum absolute atomic E-state index is 15.2. The SMILES string of the molecule is O=C(NC1CCCCC1)C(c1ccccc1F)N(C(=O)Cn1nnc2ccccc21)c1ccccc1. The van der Waals surface area contributed by atoms with Crippen molar-refractivity contribution in [3.63, 3.8) is 0 Å². The summed E-state index contributed by atoms with van der Waals surface area (Å²) in [5.41, 5.74) is 2.01. The molecule has 1 fully saturated rings. The number of hydrogen-bond acceptors (Lipinski definition) is 4. The van der Waals surface area contributed by atoms with Crippen molar-refractivity contribution in [3.8, 4) is 0 Å². The molecule has 0 aliphatic heterocycles. The molecule has 1 saturated carbocycles. The van der Waals surface area contributed by atoms with Crippen LogP contribution in [0, 0.1) is 5.82 Å². The maximum Gasteiger partial charge on any atom is 0.249 e. The molecule has 36 heavy (non-hydrogen) atoms. The minimum Gasteiger partial charge on any atom is -0.351 e. The van der Waals surface area contributed by atoms with Gasteiger partial charge in [0.1, 0.15) is 23.9 Å². The Labute approximate surface area is 208 Å². The smallest absolute Gasteiger partial charge is 0.249 e. The quantitative estimate of drug-likeness (QED) is 0.408. The number of amides is 2. The van der Waals surface area contributed by atoms with E-state index in [9.17, 15) is 9.59 Å². The maximum atomic E-state index is 15.2. The summed E-state index contributed by atoms with van der Waals surface area (Å²) < 4.78 is 16.7. The van der Waals surface area contributed by atoms with E-state index in [0.29, 0.717) is 16.7 Å². The van der Waals surface area contributed by atoms with Gasteiger partial charge in [0.2, 0.25) is 11.8 Å². The van der Waals surface area contributed by atoms with Crippen LogP contribution in [-0.4, -0.2) is 32.9 Å². The zero-order valence-electron chi connectivity index (χ0n) is 19.9. The van der Waals surface area contributed by atoms with Crippen molar-refractivity contribution in [2.75, 3.05) is 4.90 Å². The Morgan fingerprint density at radius 2 is 1.64 bits per heavy atom. The highest BCUT2D eigenvalue weighted by Crippen LogP contribution is 2.31. The zero-order chi connectivity index (χ0) is 24.9. The van der Waals surface area contributed by atoms with Gasteiger partial charge >= 0.3 is 0 Å². The van der Waals surface area contributed by atoms with Gasteiger partial charge in [-0.2, -0.15) is 0 Å². The second kappa shape index (κ2) is 10.7. The van der Waals surface area contributed by atoms with E-state index in [1.54, 1.807) is 42.5 Å². The topological polar surface area (TPSA) is 80.1 Å². The molecule has 0 radical (unpaired) electrons. The molecule has 1 aliphatic carbocycles. The molecule has 7 nitrogen and oxygen atoms in total. The molecule has 1 aliphatic rings. The van der Waals surface area contributed by atoms with E-state index in [-0.39, 0.29) is 18.2 Å². The molecular weight excluding hydrogens is 457 g/mol. The molecule has 1 heterocycles. The van der Waals surface area contributed by atoms with Crippen molar-refractivity contribution in [2.45, 2.75) is 50.7 Å². The largest absolute Gasteiger partial charge is 0.351 e. The number of nitrogens with zero attached hydrogens (tertiary/aromatic N) is 4. The molecule has 1 N–H and O–H groups in total. The first-order chi connectivity index (χ1) is 17.6. The summed E-state index contributed by atoms with van der Waals surface area (Å²) in [6.45, 7) is -0.156. The van der Waals surface area contributed by atoms with Crippen LogP contribution in [0.15, 0.2) is 78.9 Å². The molecule has 1 aromatic heterocycles. The van der Waals surface area contributed by atoms with Gasteiger partial charge in [0.05, 0.1) is 5.52 Å². The summed E-state index contributed by atoms with van der Waals surface area (Å²) in [6.07, 6.45) is 4.97. The fourth-order valence-corrected chi connectivity index (χ4v) is 4.89. The minimum atomic E-state index is -1.18. The number of hydrogen-bond donors (Lipinski definition) is 1. The standard InChI is InChI=1S/C28H28FN5O2/c29-23-16-8-7-15-22(23)27(28(36)30-20-11-3-1-4-12-20)34(21-13-5-2-6-14-21)26(35)19-33-25-18-10-9-17-24(25)31-32-33/h2,5-10,13-18,20,27H,1,3-4,11-12,19H2,(H,30,36). The summed E-state index contributed by atoms with van der Waals surface area (Å²) in [4.78, 5) is 29.1. The van der Waals surface area contributed by atoms with Crippen LogP contribution in [-0.2, 0) is 16.1 Å². The Balaban J connectivity index is 1.55. The number of benzene rings is 3. The minimum absolute atomic E-state index is 0.00695. The first-order valence-electron chi connectivity index (χ1n) is 12.3. The summed E-state index contributed by atoms with van der Waals surface area (Å²) >= 11 is 0. The van der Waals surface area contributed by atoms with Crippen LogP contribution in [0.1, 0.15) is 43.7 Å². The third kappa shape index (κ3) is 4.98. The van der Waals surface area contributed by atoms with Crippen LogP contribution in [0.25, 0.3) is 11.0 Å². The Hall–Kier alpha value is -4.07. The van der Waals surface area contributed by atoms with Crippen molar-refractivity contribution in [1.29, 1.82) is 0 Å². The molecule has 0 bridgehead atoms. The number of nitrogens with one attached hydrogen (secondary N) is 1. The van der Waals surface area contributed by atoms with Gasteiger partial charge in [-0.15, -0.1) is 5.10 Å². The normalized spacial score (nSPS) is 14.9. The number of carbonyl (C=O) groups is 2. The molecule has 184 valence electrons. The van der Waals surface area contributed by atoms with Crippen LogP contribution in [0.2, 0.25) is 0 Å². The van der Waals surface area contributed by atoms with E-state index in [1.807, 2.05) is 30.3 Å². The van der Waals surface area contributed by atoms with Crippen molar-refractivity contribution in [3.05, 3.63) is 90.2 Å². The number of anilines is 1. The van der Waals surface area contributed by atoms with Crippen LogP contribution in [0.5, 0.6) is 0 Å². The third-order valence-electron chi connectivity index (χ3n) is 6.67. The summed E-state index contributed by atoms with van der Waals surface area (Å²) in [5, 5.41) is 11.4. The van der Waals surface area contributed by atoms with Gasteiger partial charge in [-0.1, -0.05) is 73.0 Å². The molecule has 1 unspecified atom stereocenters. The number of carbonyl (C=O) groups excluding carboxylic acids is 2. The van der Waals surface area contributed by atoms with Gasteiger partial charge in [-0.3, -0.25) is 14.5 Å². The van der Waals surface area contributed by atoms with Crippen LogP contribution in [0.3, 0.4) is 0 Å². The molecule has 5 rings (SSSR count). The Morgan fingerprint density at radius 1 is 0.944 bits per heavy atom. The number of aromatic nitrogens is 3. The van der Waals surface area contributed by atoms with Gasteiger partial charge in [0, 0.05) is 17.3 Å². The number of rotatable bonds is 7. The van der Waals surface area contributed by atoms with E-state index in [0.717, 1.165) is 32.1 Å². The Kier molecular flexibility index (Phi) is 7.02. The fraction of sp³-hybridized carbons (Fsp3) is 0.286. The monoisotopic (exact) mass is 485 g/mol. The predicted octanol–water partition coefficient (Wildman–Crippen LogP) is 4.79. The fourth-order valence-electron chi connectivity index (χ4n) is 4.89. The van der Waals surface area contributed by atoms with Crippen LogP contribution >= 0.6 is 0 Å². The second-order valence-electron chi connectivity index (χ2n) is 9.10. The first-order valence-corrected chi connectivity index (χ1v) is 12.3. The zero-order valence-corrected chi connectivity index (χ0v) is 19.9. The third-order valence-corrected chi connectivity index (χ3v) is 6.67. The van der Waals surface area contributed by atoms with Crippen LogP contribution in [0.4, 0.5) is 10.1 Å². The summed E-state index contributed by atoms with van der Waals surface area (Å²) in [5.74, 6) is -1.34. The lowest BCUT2D eigenvalue weighted by atomic mass is 9.94. The van der Waals surface area contributed by atoms with Crippen molar-refractivity contribution in [1.82, 2.24) is 20.3 Å². The van der Waals surface area contributed by atoms with E-state index in [1.165, 1.54) is 15.6 Å². The highest BCUT2D eigenvalue weighted by Gasteiger charge is 2.36. The second-order valence-corrected chi connectivity index (χ2v) is 9.10. The van der Waals surface area contributed by atoms with E-state index >= 15 is 4.39 Å². The van der Waals surface area contributed by atoms with Gasteiger partial charge in [0.25, 0.3) is 0 Å².